The molecule has 0 saturated carbocycles. The van der Waals surface area contributed by atoms with Crippen molar-refractivity contribution in [2.24, 2.45) is 5.73 Å². The minimum atomic E-state index is -3.47. The van der Waals surface area contributed by atoms with Crippen LogP contribution in [-0.2, 0) is 16.6 Å². The predicted molar refractivity (Wildman–Crippen MR) is 82.4 cm³/mol. The molecule has 0 bridgehead atoms. The SMILES string of the molecule is Cc1csc(CN)c1S(=O)(=O)NC1CCN(C)C(C)C1. The number of nitrogens with one attached hydrogen (secondary N) is 1. The van der Waals surface area contributed by atoms with E-state index in [2.05, 4.69) is 23.6 Å². The van der Waals surface area contributed by atoms with Crippen LogP contribution in [0.2, 0.25) is 0 Å². The smallest absolute Gasteiger partial charge is 0.242 e. The first-order valence-electron chi connectivity index (χ1n) is 6.84. The number of hydrogen-bond donors (Lipinski definition) is 2. The third kappa shape index (κ3) is 3.23. The fourth-order valence-corrected chi connectivity index (χ4v) is 5.65. The Balaban J connectivity index is 2.17. The van der Waals surface area contributed by atoms with Gasteiger partial charge < -0.3 is 10.6 Å². The van der Waals surface area contributed by atoms with Crippen LogP contribution in [0.15, 0.2) is 10.3 Å². The maximum Gasteiger partial charge on any atom is 0.242 e. The zero-order valence-electron chi connectivity index (χ0n) is 12.2. The number of rotatable bonds is 4. The molecule has 2 atom stereocenters. The molecule has 0 aromatic carbocycles. The van der Waals surface area contributed by atoms with E-state index in [4.69, 9.17) is 5.73 Å². The standard InChI is InChI=1S/C13H23N3O2S2/c1-9-8-19-12(7-14)13(9)20(17,18)15-11-4-5-16(3)10(2)6-11/h8,10-11,15H,4-7,14H2,1-3H3. The summed E-state index contributed by atoms with van der Waals surface area (Å²) in [6, 6.07) is 0.408. The highest BCUT2D eigenvalue weighted by Crippen LogP contribution is 2.27. The molecule has 1 fully saturated rings. The summed E-state index contributed by atoms with van der Waals surface area (Å²) in [6.07, 6.45) is 1.69. The summed E-state index contributed by atoms with van der Waals surface area (Å²) in [6.45, 7) is 5.13. The minimum absolute atomic E-state index is 0.0103. The molecule has 114 valence electrons. The van der Waals surface area contributed by atoms with E-state index in [1.165, 1.54) is 11.3 Å². The normalized spacial score (nSPS) is 25.0. The molecule has 1 aromatic heterocycles. The molecule has 1 aromatic rings. The second-order valence-electron chi connectivity index (χ2n) is 5.55. The number of nitrogens with two attached hydrogens (primary N) is 1. The van der Waals surface area contributed by atoms with Crippen LogP contribution in [0.25, 0.3) is 0 Å². The third-order valence-electron chi connectivity index (χ3n) is 3.97. The Morgan fingerprint density at radius 3 is 2.85 bits per heavy atom. The molecule has 3 N–H and O–H groups in total. The average Bonchev–Trinajstić information content (AvgIpc) is 2.75. The largest absolute Gasteiger partial charge is 0.326 e. The van der Waals surface area contributed by atoms with Gasteiger partial charge in [-0.3, -0.25) is 0 Å². The zero-order valence-corrected chi connectivity index (χ0v) is 13.9. The highest BCUT2D eigenvalue weighted by Gasteiger charge is 2.29. The fraction of sp³-hybridized carbons (Fsp3) is 0.692. The van der Waals surface area contributed by atoms with Gasteiger partial charge in [-0.15, -0.1) is 11.3 Å². The highest BCUT2D eigenvalue weighted by molar-refractivity contribution is 7.89. The third-order valence-corrected chi connectivity index (χ3v) is 6.98. The van der Waals surface area contributed by atoms with Crippen molar-refractivity contribution in [3.63, 3.8) is 0 Å². The van der Waals surface area contributed by atoms with Crippen LogP contribution in [-0.4, -0.2) is 39.0 Å². The molecule has 7 heteroatoms. The summed E-state index contributed by atoms with van der Waals surface area (Å²) in [5.41, 5.74) is 6.43. The van der Waals surface area contributed by atoms with Gasteiger partial charge in [0, 0.05) is 23.5 Å². The van der Waals surface area contributed by atoms with Crippen LogP contribution in [0.1, 0.15) is 30.2 Å². The van der Waals surface area contributed by atoms with Gasteiger partial charge in [0.25, 0.3) is 0 Å². The second kappa shape index (κ2) is 6.11. The van der Waals surface area contributed by atoms with Gasteiger partial charge in [-0.05, 0) is 51.2 Å². The number of hydrogen-bond acceptors (Lipinski definition) is 5. The van der Waals surface area contributed by atoms with E-state index in [1.54, 1.807) is 0 Å². The van der Waals surface area contributed by atoms with Gasteiger partial charge in [-0.25, -0.2) is 13.1 Å². The van der Waals surface area contributed by atoms with E-state index in [0.29, 0.717) is 10.9 Å². The van der Waals surface area contributed by atoms with Crippen molar-refractivity contribution >= 4 is 21.4 Å². The molecule has 1 aliphatic rings. The lowest BCUT2D eigenvalue weighted by Crippen LogP contribution is -2.47. The van der Waals surface area contributed by atoms with Gasteiger partial charge in [0.2, 0.25) is 10.0 Å². The van der Waals surface area contributed by atoms with E-state index < -0.39 is 10.0 Å². The van der Waals surface area contributed by atoms with Gasteiger partial charge in [-0.2, -0.15) is 0 Å². The van der Waals surface area contributed by atoms with Gasteiger partial charge in [0.05, 0.1) is 0 Å². The molecule has 5 nitrogen and oxygen atoms in total. The number of sulfonamides is 1. The Morgan fingerprint density at radius 1 is 1.55 bits per heavy atom. The number of nitrogens with zero attached hydrogens (tertiary/aromatic N) is 1. The van der Waals surface area contributed by atoms with E-state index in [-0.39, 0.29) is 12.6 Å². The minimum Gasteiger partial charge on any atom is -0.326 e. The highest BCUT2D eigenvalue weighted by atomic mass is 32.2. The van der Waals surface area contributed by atoms with Crippen molar-refractivity contribution in [2.75, 3.05) is 13.6 Å². The van der Waals surface area contributed by atoms with Crippen molar-refractivity contribution in [3.05, 3.63) is 15.8 Å². The van der Waals surface area contributed by atoms with Crippen LogP contribution in [0, 0.1) is 6.92 Å². The topological polar surface area (TPSA) is 75.4 Å². The number of likely N-dealkylation sites (tertiary alicyclic amines) is 1. The lowest BCUT2D eigenvalue weighted by Gasteiger charge is -2.35. The van der Waals surface area contributed by atoms with Crippen LogP contribution < -0.4 is 10.5 Å². The summed E-state index contributed by atoms with van der Waals surface area (Å²) in [4.78, 5) is 3.37. The Morgan fingerprint density at radius 2 is 2.25 bits per heavy atom. The van der Waals surface area contributed by atoms with E-state index >= 15 is 0 Å². The number of piperidine rings is 1. The maximum atomic E-state index is 12.6. The number of thiophene rings is 1. The lowest BCUT2D eigenvalue weighted by molar-refractivity contribution is 0.178. The first-order valence-corrected chi connectivity index (χ1v) is 9.21. The fourth-order valence-electron chi connectivity index (χ4n) is 2.66. The van der Waals surface area contributed by atoms with E-state index in [9.17, 15) is 8.42 Å². The molecule has 1 aliphatic heterocycles. The zero-order chi connectivity index (χ0) is 14.9. The predicted octanol–water partition coefficient (Wildman–Crippen LogP) is 1.28. The van der Waals surface area contributed by atoms with E-state index in [0.717, 1.165) is 29.8 Å². The summed E-state index contributed by atoms with van der Waals surface area (Å²) < 4.78 is 28.0. The molecule has 0 aliphatic carbocycles. The van der Waals surface area contributed by atoms with Gasteiger partial charge in [0.15, 0.2) is 0 Å². The summed E-state index contributed by atoms with van der Waals surface area (Å²) >= 11 is 1.41. The van der Waals surface area contributed by atoms with Gasteiger partial charge in [-0.1, -0.05) is 0 Å². The van der Waals surface area contributed by atoms with Crippen LogP contribution in [0.4, 0.5) is 0 Å². The monoisotopic (exact) mass is 317 g/mol. The Labute approximate surface area is 125 Å². The molecule has 1 saturated heterocycles. The molecule has 2 heterocycles. The van der Waals surface area contributed by atoms with Crippen LogP contribution in [0.3, 0.4) is 0 Å². The van der Waals surface area contributed by atoms with Crippen molar-refractivity contribution in [3.8, 4) is 0 Å². The van der Waals surface area contributed by atoms with Crippen molar-refractivity contribution in [1.82, 2.24) is 9.62 Å². The second-order valence-corrected chi connectivity index (χ2v) is 8.16. The Kier molecular flexibility index (Phi) is 4.86. The molecule has 0 amide bonds. The van der Waals surface area contributed by atoms with Crippen LogP contribution >= 0.6 is 11.3 Å². The number of aryl methyl sites for hydroxylation is 1. The maximum absolute atomic E-state index is 12.6. The first kappa shape index (κ1) is 15.9. The summed E-state index contributed by atoms with van der Waals surface area (Å²) in [5, 5.41) is 1.86. The van der Waals surface area contributed by atoms with Crippen molar-refractivity contribution in [2.45, 2.75) is 50.2 Å². The summed E-state index contributed by atoms with van der Waals surface area (Å²) in [7, 11) is -1.39. The Bertz CT molecular complexity index is 568. The molecule has 0 radical (unpaired) electrons. The molecule has 20 heavy (non-hydrogen) atoms. The summed E-state index contributed by atoms with van der Waals surface area (Å²) in [5.74, 6) is 0. The molecular formula is C13H23N3O2S2. The quantitative estimate of drug-likeness (QED) is 0.877. The van der Waals surface area contributed by atoms with Crippen LogP contribution in [0.5, 0.6) is 0 Å². The Hall–Kier alpha value is -0.470. The van der Waals surface area contributed by atoms with E-state index in [1.807, 2.05) is 12.3 Å². The van der Waals surface area contributed by atoms with Crippen molar-refractivity contribution < 1.29 is 8.42 Å². The van der Waals surface area contributed by atoms with Crippen molar-refractivity contribution in [1.29, 1.82) is 0 Å². The molecular weight excluding hydrogens is 294 g/mol. The van der Waals surface area contributed by atoms with Gasteiger partial charge >= 0.3 is 0 Å². The van der Waals surface area contributed by atoms with Gasteiger partial charge in [0.1, 0.15) is 4.90 Å². The molecule has 2 rings (SSSR count). The average molecular weight is 317 g/mol. The molecule has 0 spiro atoms. The molecule has 2 unspecified atom stereocenters. The lowest BCUT2D eigenvalue weighted by atomic mass is 10.0. The first-order chi connectivity index (χ1) is 9.35.